The van der Waals surface area contributed by atoms with Gasteiger partial charge in [-0.1, -0.05) is 0 Å². The highest BCUT2D eigenvalue weighted by molar-refractivity contribution is 7.17. The number of hydrogen-bond donors (Lipinski definition) is 0. The van der Waals surface area contributed by atoms with E-state index in [9.17, 15) is 9.18 Å². The molecule has 0 aromatic carbocycles. The molecule has 0 unspecified atom stereocenters. The predicted molar refractivity (Wildman–Crippen MR) is 107 cm³/mol. The number of pyridine rings is 2. The van der Waals surface area contributed by atoms with Gasteiger partial charge in [0.2, 0.25) is 0 Å². The Morgan fingerprint density at radius 2 is 2.11 bits per heavy atom. The third kappa shape index (κ3) is 3.03. The molecule has 1 fully saturated rings. The van der Waals surface area contributed by atoms with Gasteiger partial charge in [-0.2, -0.15) is 0 Å². The molecule has 28 heavy (non-hydrogen) atoms. The van der Waals surface area contributed by atoms with Gasteiger partial charge in [0.05, 0.1) is 24.1 Å². The van der Waals surface area contributed by atoms with E-state index in [2.05, 4.69) is 15.0 Å². The second-order valence-corrected chi connectivity index (χ2v) is 7.95. The number of halogens is 1. The first-order chi connectivity index (χ1) is 13.7. The molecule has 2 aliphatic heterocycles. The van der Waals surface area contributed by atoms with Crippen LogP contribution in [0.1, 0.15) is 21.8 Å². The summed E-state index contributed by atoms with van der Waals surface area (Å²) in [7, 11) is 0. The zero-order valence-electron chi connectivity index (χ0n) is 15.1. The van der Waals surface area contributed by atoms with Crippen LogP contribution in [0.2, 0.25) is 0 Å². The summed E-state index contributed by atoms with van der Waals surface area (Å²) in [5, 5.41) is 0.787. The van der Waals surface area contributed by atoms with Gasteiger partial charge in [0.1, 0.15) is 21.9 Å². The number of nitrogens with zero attached hydrogens (tertiary/aromatic N) is 5. The van der Waals surface area contributed by atoms with Gasteiger partial charge in [-0.3, -0.25) is 9.78 Å². The zero-order chi connectivity index (χ0) is 19.1. The lowest BCUT2D eigenvalue weighted by atomic mass is 10.1. The van der Waals surface area contributed by atoms with Gasteiger partial charge in [0.15, 0.2) is 0 Å². The lowest BCUT2D eigenvalue weighted by Crippen LogP contribution is -2.36. The lowest BCUT2D eigenvalue weighted by Gasteiger charge is -2.25. The van der Waals surface area contributed by atoms with E-state index in [0.717, 1.165) is 27.8 Å². The van der Waals surface area contributed by atoms with Crippen LogP contribution in [0, 0.1) is 0 Å². The summed E-state index contributed by atoms with van der Waals surface area (Å²) in [6, 6.07) is 7.56. The van der Waals surface area contributed by atoms with Gasteiger partial charge in [-0.25, -0.2) is 14.4 Å². The van der Waals surface area contributed by atoms with Crippen molar-refractivity contribution >= 4 is 28.7 Å². The highest BCUT2D eigenvalue weighted by Crippen LogP contribution is 2.33. The summed E-state index contributed by atoms with van der Waals surface area (Å²) < 4.78 is 13.4. The molecule has 0 radical (unpaired) electrons. The van der Waals surface area contributed by atoms with E-state index in [1.54, 1.807) is 23.5 Å². The summed E-state index contributed by atoms with van der Waals surface area (Å²) >= 11 is 1.40. The maximum atomic E-state index is 13.4. The van der Waals surface area contributed by atoms with Crippen molar-refractivity contribution < 1.29 is 9.18 Å². The Labute approximate surface area is 165 Å². The number of hydrogen-bond acceptors (Lipinski definition) is 6. The molecule has 1 saturated heterocycles. The van der Waals surface area contributed by atoms with E-state index in [1.165, 1.54) is 11.3 Å². The van der Waals surface area contributed by atoms with Crippen LogP contribution in [0.25, 0.3) is 10.6 Å². The standard InChI is InChI=1S/C20H18FN5OS/c21-14-5-8-25(12-14)17-4-3-13(10-23-17)19-24-16-6-9-26(20(27)18(16)28-19)15-2-1-7-22-11-15/h1-4,7,10-11,14H,5-6,8-9,12H2/t14-/m0/s1. The fraction of sp³-hybridized carbons (Fsp3) is 0.300. The molecule has 1 amide bonds. The first kappa shape index (κ1) is 17.2. The van der Waals surface area contributed by atoms with E-state index >= 15 is 0 Å². The first-order valence-corrected chi connectivity index (χ1v) is 10.1. The zero-order valence-corrected chi connectivity index (χ0v) is 15.9. The minimum absolute atomic E-state index is 0.0337. The molecular formula is C20H18FN5OS. The Morgan fingerprint density at radius 1 is 1.18 bits per heavy atom. The Kier molecular flexibility index (Phi) is 4.27. The third-order valence-corrected chi connectivity index (χ3v) is 6.25. The predicted octanol–water partition coefficient (Wildman–Crippen LogP) is 3.35. The molecule has 3 aromatic rings. The summed E-state index contributed by atoms with van der Waals surface area (Å²) in [5.41, 5.74) is 2.52. The molecule has 3 aromatic heterocycles. The van der Waals surface area contributed by atoms with Crippen molar-refractivity contribution in [2.75, 3.05) is 29.4 Å². The van der Waals surface area contributed by atoms with Crippen LogP contribution in [0.5, 0.6) is 0 Å². The normalized spacial score (nSPS) is 19.2. The van der Waals surface area contributed by atoms with Crippen LogP contribution in [0.4, 0.5) is 15.9 Å². The number of alkyl halides is 1. The molecule has 0 saturated carbocycles. The molecule has 6 nitrogen and oxygen atoms in total. The monoisotopic (exact) mass is 395 g/mol. The van der Waals surface area contributed by atoms with Crippen LogP contribution in [0.15, 0.2) is 42.9 Å². The number of aromatic nitrogens is 3. The maximum Gasteiger partial charge on any atom is 0.270 e. The molecule has 0 bridgehead atoms. The van der Waals surface area contributed by atoms with Gasteiger partial charge in [0.25, 0.3) is 5.91 Å². The molecule has 0 N–H and O–H groups in total. The highest BCUT2D eigenvalue weighted by Gasteiger charge is 2.30. The molecule has 8 heteroatoms. The summed E-state index contributed by atoms with van der Waals surface area (Å²) in [6.07, 6.45) is 5.64. The van der Waals surface area contributed by atoms with Crippen LogP contribution in [-0.2, 0) is 6.42 Å². The summed E-state index contributed by atoms with van der Waals surface area (Å²) in [5.74, 6) is 0.748. The van der Waals surface area contributed by atoms with E-state index in [0.29, 0.717) is 37.4 Å². The largest absolute Gasteiger partial charge is 0.354 e. The molecular weight excluding hydrogens is 377 g/mol. The third-order valence-electron chi connectivity index (χ3n) is 5.12. The number of rotatable bonds is 3. The van der Waals surface area contributed by atoms with Crippen molar-refractivity contribution in [3.8, 4) is 10.6 Å². The van der Waals surface area contributed by atoms with Crippen molar-refractivity contribution in [2.24, 2.45) is 0 Å². The Hall–Kier alpha value is -2.87. The van der Waals surface area contributed by atoms with Gasteiger partial charge in [0, 0.05) is 37.5 Å². The molecule has 142 valence electrons. The number of fused-ring (bicyclic) bond motifs is 1. The fourth-order valence-electron chi connectivity index (χ4n) is 3.64. The van der Waals surface area contributed by atoms with E-state index in [4.69, 9.17) is 0 Å². The minimum atomic E-state index is -0.777. The second-order valence-electron chi connectivity index (χ2n) is 6.95. The Balaban J connectivity index is 1.39. The number of anilines is 2. The van der Waals surface area contributed by atoms with Crippen LogP contribution in [-0.4, -0.2) is 46.7 Å². The van der Waals surface area contributed by atoms with E-state index < -0.39 is 6.17 Å². The molecule has 5 rings (SSSR count). The summed E-state index contributed by atoms with van der Waals surface area (Å²) in [4.78, 5) is 30.6. The van der Waals surface area contributed by atoms with Crippen LogP contribution >= 0.6 is 11.3 Å². The quantitative estimate of drug-likeness (QED) is 0.681. The number of thiazole rings is 1. The van der Waals surface area contributed by atoms with Gasteiger partial charge >= 0.3 is 0 Å². The van der Waals surface area contributed by atoms with Crippen LogP contribution in [0.3, 0.4) is 0 Å². The number of carbonyl (C=O) groups is 1. The smallest absolute Gasteiger partial charge is 0.270 e. The first-order valence-electron chi connectivity index (χ1n) is 9.26. The van der Waals surface area contributed by atoms with Crippen molar-refractivity contribution in [1.82, 2.24) is 15.0 Å². The van der Waals surface area contributed by atoms with Crippen molar-refractivity contribution in [2.45, 2.75) is 19.0 Å². The SMILES string of the molecule is O=C1c2sc(-c3ccc(N4CC[C@H](F)C4)nc3)nc2CCN1c1cccnc1. The topological polar surface area (TPSA) is 62.2 Å². The molecule has 5 heterocycles. The van der Waals surface area contributed by atoms with Gasteiger partial charge in [-0.15, -0.1) is 11.3 Å². The van der Waals surface area contributed by atoms with Crippen molar-refractivity contribution in [1.29, 1.82) is 0 Å². The van der Waals surface area contributed by atoms with Gasteiger partial charge < -0.3 is 9.80 Å². The fourth-order valence-corrected chi connectivity index (χ4v) is 4.69. The average Bonchev–Trinajstić information content (AvgIpc) is 3.36. The minimum Gasteiger partial charge on any atom is -0.354 e. The Morgan fingerprint density at radius 3 is 2.82 bits per heavy atom. The number of carbonyl (C=O) groups excluding carboxylic acids is 1. The number of amides is 1. The second kappa shape index (κ2) is 6.94. The average molecular weight is 395 g/mol. The van der Waals surface area contributed by atoms with Crippen molar-refractivity contribution in [3.05, 3.63) is 53.4 Å². The summed E-state index contributed by atoms with van der Waals surface area (Å²) in [6.45, 7) is 1.69. The van der Waals surface area contributed by atoms with E-state index in [-0.39, 0.29) is 5.91 Å². The molecule has 0 spiro atoms. The lowest BCUT2D eigenvalue weighted by molar-refractivity contribution is 0.0984. The molecule has 0 aliphatic carbocycles. The molecule has 1 atom stereocenters. The van der Waals surface area contributed by atoms with Crippen LogP contribution < -0.4 is 9.80 Å². The van der Waals surface area contributed by atoms with Crippen molar-refractivity contribution in [3.63, 3.8) is 0 Å². The Bertz CT molecular complexity index is 1010. The molecule has 2 aliphatic rings. The van der Waals surface area contributed by atoms with E-state index in [1.807, 2.05) is 29.2 Å². The van der Waals surface area contributed by atoms with Gasteiger partial charge in [-0.05, 0) is 30.7 Å². The highest BCUT2D eigenvalue weighted by atomic mass is 32.1. The maximum absolute atomic E-state index is 13.4.